The van der Waals surface area contributed by atoms with E-state index in [2.05, 4.69) is 57.0 Å². The monoisotopic (exact) mass is 443 g/mol. The predicted octanol–water partition coefficient (Wildman–Crippen LogP) is 4.19. The summed E-state index contributed by atoms with van der Waals surface area (Å²) in [5, 5.41) is 11.2. The lowest BCUT2D eigenvalue weighted by Gasteiger charge is -2.25. The molecule has 0 unspecified atom stereocenters. The maximum Gasteiger partial charge on any atom is 0.252 e. The Hall–Kier alpha value is -3.78. The van der Waals surface area contributed by atoms with Crippen molar-refractivity contribution in [2.45, 2.75) is 11.2 Å². The zero-order valence-corrected chi connectivity index (χ0v) is 18.2. The number of carbonyl (C=O) groups excluding carboxylic acids is 1. The summed E-state index contributed by atoms with van der Waals surface area (Å²) in [7, 11) is 1.64. The second-order valence-electron chi connectivity index (χ2n) is 7.32. The van der Waals surface area contributed by atoms with Crippen LogP contribution in [0.4, 0.5) is 0 Å². The van der Waals surface area contributed by atoms with Gasteiger partial charge in [0.2, 0.25) is 0 Å². The maximum absolute atomic E-state index is 13.2. The van der Waals surface area contributed by atoms with Gasteiger partial charge in [-0.15, -0.1) is 0 Å². The average molecular weight is 444 g/mol. The van der Waals surface area contributed by atoms with Gasteiger partial charge in [-0.1, -0.05) is 60.3 Å². The number of methoxy groups -OCH3 is 1. The van der Waals surface area contributed by atoms with Crippen molar-refractivity contribution in [3.8, 4) is 5.75 Å². The number of carbonyl (C=O) groups is 1. The Morgan fingerprint density at radius 3 is 2.66 bits per heavy atom. The summed E-state index contributed by atoms with van der Waals surface area (Å²) in [4.78, 5) is 17.2. The van der Waals surface area contributed by atoms with Crippen molar-refractivity contribution in [3.63, 3.8) is 0 Å². The highest BCUT2D eigenvalue weighted by Crippen LogP contribution is 2.33. The lowest BCUT2D eigenvalue weighted by Crippen LogP contribution is -2.40. The summed E-state index contributed by atoms with van der Waals surface area (Å²) in [5.74, 6) is 0.949. The van der Waals surface area contributed by atoms with E-state index in [4.69, 9.17) is 4.74 Å². The number of ether oxygens (including phenoxy) is 1. The Balaban J connectivity index is 1.45. The van der Waals surface area contributed by atoms with Gasteiger partial charge in [0.05, 0.1) is 24.6 Å². The van der Waals surface area contributed by atoms with Crippen LogP contribution in [0.15, 0.2) is 84.3 Å². The molecular weight excluding hydrogens is 422 g/mol. The summed E-state index contributed by atoms with van der Waals surface area (Å²) in [5.41, 5.74) is 6.25. The molecule has 0 radical (unpaired) electrons. The van der Waals surface area contributed by atoms with Crippen LogP contribution in [0.25, 0.3) is 16.5 Å². The number of amides is 1. The van der Waals surface area contributed by atoms with Crippen LogP contribution in [0.3, 0.4) is 0 Å². The highest BCUT2D eigenvalue weighted by molar-refractivity contribution is 7.99. The molecule has 0 saturated carbocycles. The van der Waals surface area contributed by atoms with Gasteiger partial charge in [0, 0.05) is 0 Å². The van der Waals surface area contributed by atoms with Crippen molar-refractivity contribution in [2.24, 2.45) is 0 Å². The molecule has 0 spiro atoms. The van der Waals surface area contributed by atoms with Gasteiger partial charge >= 0.3 is 0 Å². The molecule has 2 N–H and O–H groups in total. The first-order valence-corrected chi connectivity index (χ1v) is 11.1. The summed E-state index contributed by atoms with van der Waals surface area (Å²) in [6.07, 6.45) is 3.52. The number of H-pyrrole nitrogens is 1. The number of benzene rings is 3. The third-order valence-corrected chi connectivity index (χ3v) is 6.22. The second kappa shape index (κ2) is 8.76. The van der Waals surface area contributed by atoms with E-state index in [0.29, 0.717) is 5.16 Å². The first-order chi connectivity index (χ1) is 15.7. The lowest BCUT2D eigenvalue weighted by molar-refractivity contribution is -0.131. The minimum absolute atomic E-state index is 0.0562. The Morgan fingerprint density at radius 2 is 1.91 bits per heavy atom. The fourth-order valence-corrected chi connectivity index (χ4v) is 4.35. The van der Waals surface area contributed by atoms with Gasteiger partial charge in [0.1, 0.15) is 12.1 Å². The minimum Gasteiger partial charge on any atom is -0.497 e. The number of rotatable bonds is 6. The normalized spacial score (nSPS) is 15.5. The predicted molar refractivity (Wildman–Crippen MR) is 125 cm³/mol. The van der Waals surface area contributed by atoms with Crippen molar-refractivity contribution in [1.82, 2.24) is 25.6 Å². The molecule has 32 heavy (non-hydrogen) atoms. The number of fused-ring (bicyclic) bond motifs is 1. The summed E-state index contributed by atoms with van der Waals surface area (Å²) < 4.78 is 5.29. The number of hydrazine groups is 1. The molecule has 5 rings (SSSR count). The molecule has 1 amide bonds. The Kier molecular flexibility index (Phi) is 5.51. The van der Waals surface area contributed by atoms with Gasteiger partial charge in [-0.05, 0) is 46.2 Å². The number of nitrogens with zero attached hydrogens (tertiary/aromatic N) is 3. The van der Waals surface area contributed by atoms with Crippen LogP contribution >= 0.6 is 11.8 Å². The van der Waals surface area contributed by atoms with Crippen LogP contribution in [0.1, 0.15) is 17.2 Å². The van der Waals surface area contributed by atoms with Crippen molar-refractivity contribution >= 4 is 34.1 Å². The van der Waals surface area contributed by atoms with E-state index < -0.39 is 0 Å². The number of hydrogen-bond acceptors (Lipinski definition) is 6. The molecule has 1 atom stereocenters. The molecule has 0 aliphatic carbocycles. The molecule has 2 heterocycles. The molecular formula is C24H21N5O2S. The Morgan fingerprint density at radius 1 is 1.09 bits per heavy atom. The highest BCUT2D eigenvalue weighted by Gasteiger charge is 2.31. The third-order valence-electron chi connectivity index (χ3n) is 5.36. The Labute approximate surface area is 189 Å². The molecule has 1 aliphatic heterocycles. The standard InChI is InChI=1S/C24H21N5O2S/c1-31-20-10-8-17(9-11-20)22-13-21(19-7-6-16-4-2-3-5-18(16)12-19)28-29(22)23(30)14-32-24-25-15-26-27-24/h2-13,15,22,28H,14H2,1H3,(H,25,26,27)/t22-/m1/s1. The van der Waals surface area contributed by atoms with Gasteiger partial charge in [0.15, 0.2) is 5.16 Å². The average Bonchev–Trinajstić information content (AvgIpc) is 3.53. The van der Waals surface area contributed by atoms with Crippen molar-refractivity contribution in [1.29, 1.82) is 0 Å². The fraction of sp³-hybridized carbons (Fsp3) is 0.125. The van der Waals surface area contributed by atoms with Gasteiger partial charge < -0.3 is 4.74 Å². The van der Waals surface area contributed by atoms with Crippen LogP contribution < -0.4 is 10.2 Å². The first-order valence-electron chi connectivity index (χ1n) is 10.1. The highest BCUT2D eigenvalue weighted by atomic mass is 32.2. The largest absolute Gasteiger partial charge is 0.497 e. The first kappa shape index (κ1) is 20.1. The smallest absolute Gasteiger partial charge is 0.252 e. The summed E-state index contributed by atoms with van der Waals surface area (Å²) in [6, 6.07) is 22.1. The maximum atomic E-state index is 13.2. The molecule has 3 aromatic carbocycles. The molecule has 160 valence electrons. The molecule has 0 bridgehead atoms. The number of thioether (sulfide) groups is 1. The van der Waals surface area contributed by atoms with Gasteiger partial charge in [0.25, 0.3) is 5.91 Å². The molecule has 7 nitrogen and oxygen atoms in total. The van der Waals surface area contributed by atoms with E-state index in [1.165, 1.54) is 23.5 Å². The van der Waals surface area contributed by atoms with Crippen molar-refractivity contribution in [2.75, 3.05) is 12.9 Å². The molecule has 8 heteroatoms. The summed E-state index contributed by atoms with van der Waals surface area (Å²) in [6.45, 7) is 0. The Bertz CT molecular complexity index is 1270. The molecule has 0 saturated heterocycles. The van der Waals surface area contributed by atoms with Crippen molar-refractivity contribution < 1.29 is 9.53 Å². The third kappa shape index (κ3) is 4.04. The van der Waals surface area contributed by atoms with E-state index >= 15 is 0 Å². The van der Waals surface area contributed by atoms with Crippen molar-refractivity contribution in [3.05, 3.63) is 90.3 Å². The number of aromatic nitrogens is 3. The van der Waals surface area contributed by atoms with E-state index in [9.17, 15) is 4.79 Å². The second-order valence-corrected chi connectivity index (χ2v) is 8.28. The van der Waals surface area contributed by atoms with Gasteiger partial charge in [-0.3, -0.25) is 15.3 Å². The lowest BCUT2D eigenvalue weighted by atomic mass is 10.0. The molecule has 0 fully saturated rings. The minimum atomic E-state index is -0.245. The molecule has 4 aromatic rings. The van der Waals surface area contributed by atoms with Gasteiger partial charge in [-0.2, -0.15) is 5.10 Å². The zero-order chi connectivity index (χ0) is 21.9. The van der Waals surface area contributed by atoms with E-state index in [1.54, 1.807) is 12.1 Å². The van der Waals surface area contributed by atoms with Crippen LogP contribution in [0.5, 0.6) is 5.75 Å². The quantitative estimate of drug-likeness (QED) is 0.435. The molecule has 1 aliphatic rings. The van der Waals surface area contributed by atoms with Crippen LogP contribution in [0, 0.1) is 0 Å². The topological polar surface area (TPSA) is 83.1 Å². The SMILES string of the molecule is COc1ccc([C@H]2C=C(c3ccc4ccccc4c3)NN2C(=O)CSc2ncn[nH]2)cc1. The van der Waals surface area contributed by atoms with Crippen LogP contribution in [-0.4, -0.2) is 39.0 Å². The van der Waals surface area contributed by atoms with Crippen LogP contribution in [-0.2, 0) is 4.79 Å². The molecule has 1 aromatic heterocycles. The van der Waals surface area contributed by atoms with E-state index in [0.717, 1.165) is 28.0 Å². The number of nitrogens with one attached hydrogen (secondary N) is 2. The van der Waals surface area contributed by atoms with Gasteiger partial charge in [-0.25, -0.2) is 9.99 Å². The van der Waals surface area contributed by atoms with E-state index in [-0.39, 0.29) is 17.7 Å². The fourth-order valence-electron chi connectivity index (χ4n) is 3.71. The number of hydrogen-bond donors (Lipinski definition) is 2. The zero-order valence-electron chi connectivity index (χ0n) is 17.4. The summed E-state index contributed by atoms with van der Waals surface area (Å²) >= 11 is 1.32. The van der Waals surface area contributed by atoms with Crippen LogP contribution in [0.2, 0.25) is 0 Å². The number of aromatic amines is 1. The van der Waals surface area contributed by atoms with E-state index in [1.807, 2.05) is 36.4 Å².